The van der Waals surface area contributed by atoms with Gasteiger partial charge in [0.2, 0.25) is 0 Å². The molecule has 1 amide bonds. The average Bonchev–Trinajstić information content (AvgIpc) is 2.57. The molecule has 0 aliphatic carbocycles. The Morgan fingerprint density at radius 2 is 1.75 bits per heavy atom. The SMILES string of the molecule is C=C(\C=C/C(=C(\C)CCC)C(/C)=C/C)C(=O)NC/C(C)=C/CCC. The highest BCUT2D eigenvalue weighted by atomic mass is 16.1. The van der Waals surface area contributed by atoms with E-state index in [9.17, 15) is 4.79 Å². The number of amides is 1. The summed E-state index contributed by atoms with van der Waals surface area (Å²) in [6.07, 6.45) is 12.5. The fraction of sp³-hybridized carbons (Fsp3) is 0.500. The number of allylic oxidation sites excluding steroid dienone is 6. The fourth-order valence-corrected chi connectivity index (χ4v) is 2.33. The Morgan fingerprint density at radius 3 is 2.29 bits per heavy atom. The molecule has 0 heterocycles. The zero-order valence-corrected chi connectivity index (χ0v) is 16.5. The van der Waals surface area contributed by atoms with Crippen molar-refractivity contribution in [2.75, 3.05) is 6.54 Å². The van der Waals surface area contributed by atoms with E-state index in [4.69, 9.17) is 0 Å². The summed E-state index contributed by atoms with van der Waals surface area (Å²) >= 11 is 0. The third kappa shape index (κ3) is 8.71. The van der Waals surface area contributed by atoms with Crippen molar-refractivity contribution < 1.29 is 4.79 Å². The number of nitrogens with one attached hydrogen (secondary N) is 1. The van der Waals surface area contributed by atoms with Gasteiger partial charge in [0.05, 0.1) is 0 Å². The maximum Gasteiger partial charge on any atom is 0.250 e. The minimum Gasteiger partial charge on any atom is -0.348 e. The van der Waals surface area contributed by atoms with Gasteiger partial charge in [0, 0.05) is 12.1 Å². The number of hydrogen-bond acceptors (Lipinski definition) is 1. The first-order valence-corrected chi connectivity index (χ1v) is 9.01. The summed E-state index contributed by atoms with van der Waals surface area (Å²) < 4.78 is 0. The van der Waals surface area contributed by atoms with E-state index in [0.29, 0.717) is 12.1 Å². The first-order valence-electron chi connectivity index (χ1n) is 9.01. The van der Waals surface area contributed by atoms with Gasteiger partial charge in [0.25, 0.3) is 5.91 Å². The Bertz CT molecular complexity index is 544. The topological polar surface area (TPSA) is 29.1 Å². The van der Waals surface area contributed by atoms with Gasteiger partial charge in [0.1, 0.15) is 0 Å². The van der Waals surface area contributed by atoms with Gasteiger partial charge in [-0.25, -0.2) is 0 Å². The first kappa shape index (κ1) is 22.2. The highest BCUT2D eigenvalue weighted by Gasteiger charge is 2.05. The predicted octanol–water partition coefficient (Wildman–Crippen LogP) is 6.04. The Labute approximate surface area is 149 Å². The van der Waals surface area contributed by atoms with Crippen molar-refractivity contribution in [3.63, 3.8) is 0 Å². The second-order valence-electron chi connectivity index (χ2n) is 6.30. The molecule has 0 aromatic rings. The van der Waals surface area contributed by atoms with Crippen LogP contribution < -0.4 is 5.32 Å². The van der Waals surface area contributed by atoms with E-state index in [1.165, 1.54) is 22.3 Å². The molecular formula is C22H35NO. The van der Waals surface area contributed by atoms with Crippen LogP contribution in [-0.4, -0.2) is 12.5 Å². The van der Waals surface area contributed by atoms with E-state index in [2.05, 4.69) is 51.7 Å². The summed E-state index contributed by atoms with van der Waals surface area (Å²) in [6, 6.07) is 0. The van der Waals surface area contributed by atoms with Gasteiger partial charge in [-0.05, 0) is 57.8 Å². The minimum atomic E-state index is -0.110. The lowest BCUT2D eigenvalue weighted by Crippen LogP contribution is -2.25. The maximum absolute atomic E-state index is 12.1. The van der Waals surface area contributed by atoms with Crippen LogP contribution in [0.4, 0.5) is 0 Å². The molecule has 0 bridgehead atoms. The van der Waals surface area contributed by atoms with Crippen molar-refractivity contribution in [3.05, 3.63) is 58.7 Å². The molecule has 24 heavy (non-hydrogen) atoms. The van der Waals surface area contributed by atoms with E-state index in [1.807, 2.05) is 26.0 Å². The Hall–Kier alpha value is -1.83. The highest BCUT2D eigenvalue weighted by molar-refractivity contribution is 5.95. The van der Waals surface area contributed by atoms with Crippen LogP contribution in [0.15, 0.2) is 58.7 Å². The minimum absolute atomic E-state index is 0.110. The second-order valence-corrected chi connectivity index (χ2v) is 6.30. The normalized spacial score (nSPS) is 13.9. The molecule has 134 valence electrons. The number of unbranched alkanes of at least 4 members (excludes halogenated alkanes) is 1. The molecule has 0 saturated carbocycles. The zero-order valence-electron chi connectivity index (χ0n) is 16.5. The number of carbonyl (C=O) groups is 1. The van der Waals surface area contributed by atoms with Crippen LogP contribution in [0.5, 0.6) is 0 Å². The molecule has 0 aliphatic heterocycles. The molecule has 0 unspecified atom stereocenters. The van der Waals surface area contributed by atoms with E-state index in [0.717, 1.165) is 25.7 Å². The summed E-state index contributed by atoms with van der Waals surface area (Å²) in [6.45, 7) is 17.1. The molecule has 0 radical (unpaired) electrons. The molecule has 0 aliphatic rings. The Kier molecular flexibility index (Phi) is 11.6. The van der Waals surface area contributed by atoms with Crippen LogP contribution in [0.2, 0.25) is 0 Å². The van der Waals surface area contributed by atoms with Crippen molar-refractivity contribution in [2.45, 2.75) is 67.2 Å². The van der Waals surface area contributed by atoms with Gasteiger partial charge in [-0.15, -0.1) is 0 Å². The Morgan fingerprint density at radius 1 is 1.08 bits per heavy atom. The third-order valence-electron chi connectivity index (χ3n) is 3.99. The summed E-state index contributed by atoms with van der Waals surface area (Å²) in [4.78, 5) is 12.1. The van der Waals surface area contributed by atoms with E-state index in [1.54, 1.807) is 0 Å². The summed E-state index contributed by atoms with van der Waals surface area (Å²) in [5, 5.41) is 2.92. The molecular weight excluding hydrogens is 294 g/mol. The zero-order chi connectivity index (χ0) is 18.5. The van der Waals surface area contributed by atoms with E-state index in [-0.39, 0.29) is 5.91 Å². The molecule has 0 aromatic carbocycles. The van der Waals surface area contributed by atoms with Gasteiger partial charge in [-0.1, -0.05) is 62.6 Å². The monoisotopic (exact) mass is 329 g/mol. The van der Waals surface area contributed by atoms with E-state index < -0.39 is 0 Å². The largest absolute Gasteiger partial charge is 0.348 e. The van der Waals surface area contributed by atoms with Crippen molar-refractivity contribution in [2.24, 2.45) is 0 Å². The lowest BCUT2D eigenvalue weighted by atomic mass is 9.97. The number of hydrogen-bond donors (Lipinski definition) is 1. The van der Waals surface area contributed by atoms with Crippen LogP contribution in [0.25, 0.3) is 0 Å². The molecule has 0 atom stereocenters. The fourth-order valence-electron chi connectivity index (χ4n) is 2.33. The van der Waals surface area contributed by atoms with Crippen LogP contribution in [-0.2, 0) is 4.79 Å². The van der Waals surface area contributed by atoms with Crippen LogP contribution in [0, 0.1) is 0 Å². The second kappa shape index (κ2) is 12.6. The molecule has 2 heteroatoms. The lowest BCUT2D eigenvalue weighted by Gasteiger charge is -2.09. The molecule has 0 fully saturated rings. The molecule has 1 N–H and O–H groups in total. The molecule has 2 nitrogen and oxygen atoms in total. The summed E-state index contributed by atoms with van der Waals surface area (Å²) in [7, 11) is 0. The Balaban J connectivity index is 4.90. The molecule has 0 saturated heterocycles. The predicted molar refractivity (Wildman–Crippen MR) is 107 cm³/mol. The molecule has 0 spiro atoms. The van der Waals surface area contributed by atoms with Gasteiger partial charge in [0.15, 0.2) is 0 Å². The maximum atomic E-state index is 12.1. The van der Waals surface area contributed by atoms with Crippen LogP contribution in [0.1, 0.15) is 67.2 Å². The highest BCUT2D eigenvalue weighted by Crippen LogP contribution is 2.20. The van der Waals surface area contributed by atoms with Gasteiger partial charge in [-0.2, -0.15) is 0 Å². The average molecular weight is 330 g/mol. The van der Waals surface area contributed by atoms with Crippen molar-refractivity contribution in [1.29, 1.82) is 0 Å². The van der Waals surface area contributed by atoms with Crippen molar-refractivity contribution in [3.8, 4) is 0 Å². The van der Waals surface area contributed by atoms with Crippen LogP contribution >= 0.6 is 0 Å². The third-order valence-corrected chi connectivity index (χ3v) is 3.99. The van der Waals surface area contributed by atoms with Gasteiger partial charge < -0.3 is 5.32 Å². The van der Waals surface area contributed by atoms with Gasteiger partial charge >= 0.3 is 0 Å². The molecule has 0 aromatic heterocycles. The van der Waals surface area contributed by atoms with Gasteiger partial charge in [-0.3, -0.25) is 4.79 Å². The van der Waals surface area contributed by atoms with Crippen LogP contribution in [0.3, 0.4) is 0 Å². The molecule has 0 rings (SSSR count). The number of carbonyl (C=O) groups excluding carboxylic acids is 1. The van der Waals surface area contributed by atoms with E-state index >= 15 is 0 Å². The smallest absolute Gasteiger partial charge is 0.250 e. The van der Waals surface area contributed by atoms with Crippen molar-refractivity contribution in [1.82, 2.24) is 5.32 Å². The standard InChI is InChI=1S/C22H35NO/c1-8-11-13-17(4)16-23-22(24)20(7)14-15-21(18(5)10-3)19(6)12-9-2/h10,13-15H,7-9,11-12,16H2,1-6H3,(H,23,24)/b15-14-,17-13+,18-10+,21-19-. The summed E-state index contributed by atoms with van der Waals surface area (Å²) in [5.41, 5.74) is 5.45. The first-order chi connectivity index (χ1) is 11.4. The number of rotatable bonds is 10. The quantitative estimate of drug-likeness (QED) is 0.295. The lowest BCUT2D eigenvalue weighted by molar-refractivity contribution is -0.117. The summed E-state index contributed by atoms with van der Waals surface area (Å²) in [5.74, 6) is -0.110. The van der Waals surface area contributed by atoms with Crippen molar-refractivity contribution >= 4 is 5.91 Å².